The van der Waals surface area contributed by atoms with Gasteiger partial charge in [0.25, 0.3) is 0 Å². The van der Waals surface area contributed by atoms with Crippen LogP contribution in [0.25, 0.3) is 0 Å². The summed E-state index contributed by atoms with van der Waals surface area (Å²) in [5.74, 6) is 0.0694. The number of amides is 1. The number of hydrogen-bond acceptors (Lipinski definition) is 2. The second-order valence-electron chi connectivity index (χ2n) is 3.93. The van der Waals surface area contributed by atoms with E-state index in [0.717, 1.165) is 25.0 Å². The number of ether oxygens (including phenoxy) is 1. The lowest BCUT2D eigenvalue weighted by atomic mass is 10.1. The standard InChI is InChI=1S/C11H19NO2/c1-9(2)8-12-11(13)7-10-5-3-4-6-14-10/h10H,1,3-8H2,2H3,(H,12,13). The number of hydrogen-bond donors (Lipinski definition) is 1. The summed E-state index contributed by atoms with van der Waals surface area (Å²) in [6.45, 7) is 7.01. The van der Waals surface area contributed by atoms with Crippen molar-refractivity contribution >= 4 is 5.91 Å². The molecular formula is C11H19NO2. The van der Waals surface area contributed by atoms with Gasteiger partial charge >= 0.3 is 0 Å². The quantitative estimate of drug-likeness (QED) is 0.696. The maximum absolute atomic E-state index is 11.4. The minimum absolute atomic E-state index is 0.0694. The zero-order valence-electron chi connectivity index (χ0n) is 8.84. The van der Waals surface area contributed by atoms with Crippen molar-refractivity contribution in [1.82, 2.24) is 5.32 Å². The van der Waals surface area contributed by atoms with Crippen LogP contribution < -0.4 is 5.32 Å². The molecule has 14 heavy (non-hydrogen) atoms. The predicted octanol–water partition coefficient (Wildman–Crippen LogP) is 1.64. The zero-order chi connectivity index (χ0) is 10.4. The van der Waals surface area contributed by atoms with E-state index in [9.17, 15) is 4.79 Å². The minimum Gasteiger partial charge on any atom is -0.378 e. The first kappa shape index (κ1) is 11.2. The Bertz CT molecular complexity index is 207. The van der Waals surface area contributed by atoms with E-state index in [-0.39, 0.29) is 12.0 Å². The van der Waals surface area contributed by atoms with Gasteiger partial charge in [0.05, 0.1) is 12.5 Å². The fourth-order valence-corrected chi connectivity index (χ4v) is 1.50. The highest BCUT2D eigenvalue weighted by molar-refractivity contribution is 5.76. The van der Waals surface area contributed by atoms with E-state index in [1.807, 2.05) is 6.92 Å². The molecule has 3 heteroatoms. The van der Waals surface area contributed by atoms with Crippen LogP contribution in [0.15, 0.2) is 12.2 Å². The summed E-state index contributed by atoms with van der Waals surface area (Å²) in [7, 11) is 0. The van der Waals surface area contributed by atoms with Crippen molar-refractivity contribution < 1.29 is 9.53 Å². The van der Waals surface area contributed by atoms with Crippen LogP contribution in [0.3, 0.4) is 0 Å². The van der Waals surface area contributed by atoms with Gasteiger partial charge in [-0.15, -0.1) is 0 Å². The largest absolute Gasteiger partial charge is 0.378 e. The molecule has 0 radical (unpaired) electrons. The summed E-state index contributed by atoms with van der Waals surface area (Å²) in [6.07, 6.45) is 3.95. The van der Waals surface area contributed by atoms with Crippen LogP contribution in [0.2, 0.25) is 0 Å². The third-order valence-corrected chi connectivity index (χ3v) is 2.27. The average molecular weight is 197 g/mol. The summed E-state index contributed by atoms with van der Waals surface area (Å²) in [5, 5.41) is 2.81. The third kappa shape index (κ3) is 4.42. The smallest absolute Gasteiger partial charge is 0.222 e. The molecule has 3 nitrogen and oxygen atoms in total. The molecule has 1 unspecified atom stereocenters. The summed E-state index contributed by atoms with van der Waals surface area (Å²) in [4.78, 5) is 11.4. The highest BCUT2D eigenvalue weighted by Crippen LogP contribution is 2.15. The first-order chi connectivity index (χ1) is 6.68. The molecule has 0 spiro atoms. The molecule has 1 saturated heterocycles. The lowest BCUT2D eigenvalue weighted by Crippen LogP contribution is -2.31. The van der Waals surface area contributed by atoms with Crippen LogP contribution in [0.5, 0.6) is 0 Å². The van der Waals surface area contributed by atoms with Crippen molar-refractivity contribution in [1.29, 1.82) is 0 Å². The minimum atomic E-state index is 0.0694. The average Bonchev–Trinajstić information content (AvgIpc) is 2.16. The van der Waals surface area contributed by atoms with Crippen LogP contribution in [-0.2, 0) is 9.53 Å². The summed E-state index contributed by atoms with van der Waals surface area (Å²) in [6, 6.07) is 0. The van der Waals surface area contributed by atoms with Gasteiger partial charge in [-0.3, -0.25) is 4.79 Å². The van der Waals surface area contributed by atoms with Crippen LogP contribution in [0.4, 0.5) is 0 Å². The van der Waals surface area contributed by atoms with Crippen LogP contribution in [0, 0.1) is 0 Å². The summed E-state index contributed by atoms with van der Waals surface area (Å²) >= 11 is 0. The normalized spacial score (nSPS) is 21.6. The number of carbonyl (C=O) groups excluding carboxylic acids is 1. The topological polar surface area (TPSA) is 38.3 Å². The molecule has 0 aromatic rings. The molecule has 0 aliphatic carbocycles. The molecule has 0 aromatic heterocycles. The summed E-state index contributed by atoms with van der Waals surface area (Å²) < 4.78 is 5.47. The van der Waals surface area contributed by atoms with Crippen molar-refractivity contribution in [2.24, 2.45) is 0 Å². The molecule has 0 bridgehead atoms. The molecule has 1 aliphatic rings. The SMILES string of the molecule is C=C(C)CNC(=O)CC1CCCCO1. The van der Waals surface area contributed by atoms with Crippen LogP contribution in [0.1, 0.15) is 32.6 Å². The summed E-state index contributed by atoms with van der Waals surface area (Å²) in [5.41, 5.74) is 0.975. The molecule has 1 heterocycles. The van der Waals surface area contributed by atoms with Gasteiger partial charge in [-0.1, -0.05) is 12.2 Å². The van der Waals surface area contributed by atoms with Crippen molar-refractivity contribution in [3.05, 3.63) is 12.2 Å². The molecule has 0 aromatic carbocycles. The van der Waals surface area contributed by atoms with Crippen molar-refractivity contribution in [2.45, 2.75) is 38.7 Å². The van der Waals surface area contributed by atoms with E-state index in [1.165, 1.54) is 6.42 Å². The first-order valence-corrected chi connectivity index (χ1v) is 5.21. The second-order valence-corrected chi connectivity index (χ2v) is 3.93. The molecule has 1 aliphatic heterocycles. The third-order valence-electron chi connectivity index (χ3n) is 2.27. The van der Waals surface area contributed by atoms with Gasteiger partial charge in [-0.2, -0.15) is 0 Å². The highest BCUT2D eigenvalue weighted by Gasteiger charge is 2.16. The van der Waals surface area contributed by atoms with E-state index in [0.29, 0.717) is 13.0 Å². The fraction of sp³-hybridized carbons (Fsp3) is 0.727. The zero-order valence-corrected chi connectivity index (χ0v) is 8.84. The van der Waals surface area contributed by atoms with E-state index < -0.39 is 0 Å². The Balaban J connectivity index is 2.15. The molecule has 1 fully saturated rings. The molecular weight excluding hydrogens is 178 g/mol. The Morgan fingerprint density at radius 2 is 2.36 bits per heavy atom. The van der Waals surface area contributed by atoms with E-state index in [1.54, 1.807) is 0 Å². The Labute approximate surface area is 85.5 Å². The maximum atomic E-state index is 11.4. The van der Waals surface area contributed by atoms with Gasteiger partial charge in [0.2, 0.25) is 5.91 Å². The van der Waals surface area contributed by atoms with Gasteiger partial charge in [-0.05, 0) is 26.2 Å². The van der Waals surface area contributed by atoms with Crippen LogP contribution in [-0.4, -0.2) is 25.2 Å². The van der Waals surface area contributed by atoms with Gasteiger partial charge in [0.1, 0.15) is 0 Å². The number of carbonyl (C=O) groups is 1. The highest BCUT2D eigenvalue weighted by atomic mass is 16.5. The van der Waals surface area contributed by atoms with Crippen LogP contribution >= 0.6 is 0 Å². The molecule has 1 rings (SSSR count). The monoisotopic (exact) mass is 197 g/mol. The first-order valence-electron chi connectivity index (χ1n) is 5.21. The Hall–Kier alpha value is -0.830. The van der Waals surface area contributed by atoms with E-state index in [4.69, 9.17) is 4.74 Å². The van der Waals surface area contributed by atoms with E-state index >= 15 is 0 Å². The second kappa shape index (κ2) is 5.81. The predicted molar refractivity (Wildman–Crippen MR) is 56.0 cm³/mol. The molecule has 1 amide bonds. The molecule has 1 atom stereocenters. The molecule has 80 valence electrons. The Kier molecular flexibility index (Phi) is 4.66. The van der Waals surface area contributed by atoms with Crippen molar-refractivity contribution in [3.63, 3.8) is 0 Å². The fourth-order valence-electron chi connectivity index (χ4n) is 1.50. The molecule has 0 saturated carbocycles. The van der Waals surface area contributed by atoms with Crippen molar-refractivity contribution in [3.8, 4) is 0 Å². The Morgan fingerprint density at radius 3 is 2.93 bits per heavy atom. The van der Waals surface area contributed by atoms with Gasteiger partial charge in [0, 0.05) is 13.2 Å². The Morgan fingerprint density at radius 1 is 1.57 bits per heavy atom. The lowest BCUT2D eigenvalue weighted by molar-refractivity contribution is -0.124. The number of nitrogens with one attached hydrogen (secondary N) is 1. The number of rotatable bonds is 4. The lowest BCUT2D eigenvalue weighted by Gasteiger charge is -2.21. The maximum Gasteiger partial charge on any atom is 0.222 e. The van der Waals surface area contributed by atoms with Gasteiger partial charge in [-0.25, -0.2) is 0 Å². The van der Waals surface area contributed by atoms with Crippen molar-refractivity contribution in [2.75, 3.05) is 13.2 Å². The van der Waals surface area contributed by atoms with E-state index in [2.05, 4.69) is 11.9 Å². The van der Waals surface area contributed by atoms with Gasteiger partial charge < -0.3 is 10.1 Å². The van der Waals surface area contributed by atoms with Gasteiger partial charge in [0.15, 0.2) is 0 Å². The molecule has 1 N–H and O–H groups in total.